The zero-order valence-electron chi connectivity index (χ0n) is 18.5. The molecule has 1 saturated heterocycles. The van der Waals surface area contributed by atoms with Gasteiger partial charge in [-0.05, 0) is 24.6 Å². The molecular formula is C25H26ClN5OS. The molecule has 3 heterocycles. The summed E-state index contributed by atoms with van der Waals surface area (Å²) < 4.78 is 2.21. The van der Waals surface area contributed by atoms with Crippen molar-refractivity contribution in [3.63, 3.8) is 0 Å². The van der Waals surface area contributed by atoms with E-state index in [-0.39, 0.29) is 6.03 Å². The van der Waals surface area contributed by atoms with E-state index >= 15 is 0 Å². The number of nitrogens with zero attached hydrogens (tertiary/aromatic N) is 4. The Morgan fingerprint density at radius 1 is 1.06 bits per heavy atom. The van der Waals surface area contributed by atoms with Gasteiger partial charge < -0.3 is 10.2 Å². The third-order valence-electron chi connectivity index (χ3n) is 5.98. The SMILES string of the molecule is Cc1cn2c(CN3CCN(C(=O)NCc4ccccc4)CC3)c(-c3ccc(Cl)cc3)nc2s1. The number of halogens is 1. The third kappa shape index (κ3) is 4.90. The summed E-state index contributed by atoms with van der Waals surface area (Å²) in [4.78, 5) is 24.1. The van der Waals surface area contributed by atoms with Gasteiger partial charge in [-0.15, -0.1) is 11.3 Å². The van der Waals surface area contributed by atoms with Crippen LogP contribution in [0.2, 0.25) is 5.02 Å². The maximum atomic E-state index is 12.6. The maximum Gasteiger partial charge on any atom is 0.317 e. The van der Waals surface area contributed by atoms with Crippen molar-refractivity contribution in [2.45, 2.75) is 20.0 Å². The van der Waals surface area contributed by atoms with Crippen molar-refractivity contribution in [1.82, 2.24) is 24.5 Å². The van der Waals surface area contributed by atoms with Gasteiger partial charge in [0, 0.05) is 60.9 Å². The van der Waals surface area contributed by atoms with Crippen molar-refractivity contribution in [3.8, 4) is 11.3 Å². The molecule has 33 heavy (non-hydrogen) atoms. The molecule has 2 aromatic carbocycles. The van der Waals surface area contributed by atoms with Gasteiger partial charge in [-0.25, -0.2) is 9.78 Å². The number of amides is 2. The Bertz CT molecular complexity index is 1240. The molecule has 0 bridgehead atoms. The van der Waals surface area contributed by atoms with E-state index < -0.39 is 0 Å². The number of carbonyl (C=O) groups excluding carboxylic acids is 1. The van der Waals surface area contributed by atoms with Crippen LogP contribution in [0.3, 0.4) is 0 Å². The summed E-state index contributed by atoms with van der Waals surface area (Å²) in [5, 5.41) is 3.76. The Hall–Kier alpha value is -2.87. The van der Waals surface area contributed by atoms with Crippen LogP contribution < -0.4 is 5.32 Å². The Kier molecular flexibility index (Phi) is 6.35. The van der Waals surface area contributed by atoms with Crippen LogP contribution >= 0.6 is 22.9 Å². The summed E-state index contributed by atoms with van der Waals surface area (Å²) in [6.45, 7) is 6.52. The number of urea groups is 1. The molecule has 0 aliphatic carbocycles. The highest BCUT2D eigenvalue weighted by molar-refractivity contribution is 7.17. The van der Waals surface area contributed by atoms with Crippen LogP contribution in [0.25, 0.3) is 16.2 Å². The Morgan fingerprint density at radius 3 is 2.52 bits per heavy atom. The fourth-order valence-electron chi connectivity index (χ4n) is 4.20. The first kappa shape index (κ1) is 21.9. The maximum absolute atomic E-state index is 12.6. The van der Waals surface area contributed by atoms with Crippen molar-refractivity contribution in [2.75, 3.05) is 26.2 Å². The number of piperazine rings is 1. The molecule has 0 unspecified atom stereocenters. The first-order valence-electron chi connectivity index (χ1n) is 11.1. The predicted molar refractivity (Wildman–Crippen MR) is 134 cm³/mol. The average molecular weight is 480 g/mol. The highest BCUT2D eigenvalue weighted by atomic mass is 35.5. The monoisotopic (exact) mass is 479 g/mol. The molecule has 5 rings (SSSR count). The Labute approximate surface area is 202 Å². The van der Waals surface area contributed by atoms with Crippen molar-refractivity contribution in [2.24, 2.45) is 0 Å². The fourth-order valence-corrected chi connectivity index (χ4v) is 5.17. The molecule has 1 aliphatic heterocycles. The molecule has 8 heteroatoms. The molecule has 2 aromatic heterocycles. The lowest BCUT2D eigenvalue weighted by Gasteiger charge is -2.34. The van der Waals surface area contributed by atoms with Gasteiger partial charge in [-0.2, -0.15) is 0 Å². The van der Waals surface area contributed by atoms with E-state index in [2.05, 4.69) is 27.7 Å². The lowest BCUT2D eigenvalue weighted by atomic mass is 10.1. The van der Waals surface area contributed by atoms with Crippen LogP contribution in [-0.4, -0.2) is 51.4 Å². The van der Waals surface area contributed by atoms with E-state index in [0.29, 0.717) is 19.6 Å². The van der Waals surface area contributed by atoms with Crippen LogP contribution in [-0.2, 0) is 13.1 Å². The summed E-state index contributed by atoms with van der Waals surface area (Å²) in [6.07, 6.45) is 2.16. The highest BCUT2D eigenvalue weighted by Gasteiger charge is 2.24. The minimum absolute atomic E-state index is 0.000518. The predicted octanol–water partition coefficient (Wildman–Crippen LogP) is 5.05. The summed E-state index contributed by atoms with van der Waals surface area (Å²) >= 11 is 7.80. The molecule has 0 spiro atoms. The third-order valence-corrected chi connectivity index (χ3v) is 7.13. The van der Waals surface area contributed by atoms with Crippen LogP contribution in [0.5, 0.6) is 0 Å². The highest BCUT2D eigenvalue weighted by Crippen LogP contribution is 2.30. The molecule has 1 aliphatic rings. The van der Waals surface area contributed by atoms with E-state index in [9.17, 15) is 4.79 Å². The number of carbonyl (C=O) groups is 1. The summed E-state index contributed by atoms with van der Waals surface area (Å²) in [5.74, 6) is 0. The van der Waals surface area contributed by atoms with Crippen LogP contribution in [0.4, 0.5) is 4.79 Å². The Balaban J connectivity index is 1.26. The van der Waals surface area contributed by atoms with Gasteiger partial charge in [0.15, 0.2) is 4.96 Å². The number of aryl methyl sites for hydroxylation is 1. The second-order valence-corrected chi connectivity index (χ2v) is 9.97. The molecule has 2 amide bonds. The van der Waals surface area contributed by atoms with Gasteiger partial charge in [-0.3, -0.25) is 9.30 Å². The van der Waals surface area contributed by atoms with Crippen LogP contribution in [0.15, 0.2) is 60.8 Å². The van der Waals surface area contributed by atoms with E-state index in [1.54, 1.807) is 11.3 Å². The minimum Gasteiger partial charge on any atom is -0.334 e. The number of rotatable bonds is 5. The summed E-state index contributed by atoms with van der Waals surface area (Å²) in [7, 11) is 0. The van der Waals surface area contributed by atoms with Crippen molar-refractivity contribution < 1.29 is 4.79 Å². The van der Waals surface area contributed by atoms with Crippen LogP contribution in [0, 0.1) is 6.92 Å². The molecule has 1 N–H and O–H groups in total. The van der Waals surface area contributed by atoms with E-state index in [1.807, 2.05) is 59.5 Å². The zero-order chi connectivity index (χ0) is 22.8. The van der Waals surface area contributed by atoms with E-state index in [0.717, 1.165) is 46.4 Å². The van der Waals surface area contributed by atoms with Gasteiger partial charge in [0.05, 0.1) is 11.4 Å². The van der Waals surface area contributed by atoms with E-state index in [4.69, 9.17) is 16.6 Å². The molecule has 6 nitrogen and oxygen atoms in total. The average Bonchev–Trinajstić information content (AvgIpc) is 3.36. The lowest BCUT2D eigenvalue weighted by Crippen LogP contribution is -2.51. The number of hydrogen-bond donors (Lipinski definition) is 1. The number of nitrogens with one attached hydrogen (secondary N) is 1. The topological polar surface area (TPSA) is 52.9 Å². The largest absolute Gasteiger partial charge is 0.334 e. The van der Waals surface area contributed by atoms with Gasteiger partial charge in [0.25, 0.3) is 0 Å². The van der Waals surface area contributed by atoms with Gasteiger partial charge >= 0.3 is 6.03 Å². The van der Waals surface area contributed by atoms with Crippen LogP contribution in [0.1, 0.15) is 16.1 Å². The Morgan fingerprint density at radius 2 is 1.79 bits per heavy atom. The fraction of sp³-hybridized carbons (Fsp3) is 0.280. The molecule has 0 radical (unpaired) electrons. The minimum atomic E-state index is 0.000518. The molecule has 4 aromatic rings. The zero-order valence-corrected chi connectivity index (χ0v) is 20.1. The second-order valence-electron chi connectivity index (χ2n) is 8.32. The summed E-state index contributed by atoms with van der Waals surface area (Å²) in [5.41, 5.74) is 4.36. The normalized spacial score (nSPS) is 14.7. The molecule has 0 saturated carbocycles. The smallest absolute Gasteiger partial charge is 0.317 e. The quantitative estimate of drug-likeness (QED) is 0.435. The molecular weight excluding hydrogens is 454 g/mol. The second kappa shape index (κ2) is 9.55. The number of thiazole rings is 1. The number of fused-ring (bicyclic) bond motifs is 1. The molecule has 0 atom stereocenters. The van der Waals surface area contributed by atoms with Gasteiger partial charge in [0.1, 0.15) is 0 Å². The molecule has 170 valence electrons. The van der Waals surface area contributed by atoms with Gasteiger partial charge in [0.2, 0.25) is 0 Å². The number of imidazole rings is 1. The van der Waals surface area contributed by atoms with E-state index in [1.165, 1.54) is 10.6 Å². The molecule has 1 fully saturated rings. The number of hydrogen-bond acceptors (Lipinski definition) is 4. The standard InChI is InChI=1S/C25H26ClN5OS/c1-18-16-31-22(23(28-25(31)33-18)20-7-9-21(26)10-8-20)17-29-11-13-30(14-12-29)24(32)27-15-19-5-3-2-4-6-19/h2-10,16H,11-15,17H2,1H3,(H,27,32). The lowest BCUT2D eigenvalue weighted by molar-refractivity contribution is 0.134. The van der Waals surface area contributed by atoms with Crippen molar-refractivity contribution >= 4 is 33.9 Å². The first-order valence-corrected chi connectivity index (χ1v) is 12.3. The van der Waals surface area contributed by atoms with Crippen molar-refractivity contribution in [1.29, 1.82) is 0 Å². The number of benzene rings is 2. The first-order chi connectivity index (χ1) is 16.1. The summed E-state index contributed by atoms with van der Waals surface area (Å²) in [6, 6.07) is 17.9. The van der Waals surface area contributed by atoms with Gasteiger partial charge in [-0.1, -0.05) is 54.1 Å². The van der Waals surface area contributed by atoms with Crippen molar-refractivity contribution in [3.05, 3.63) is 82.0 Å². The number of aromatic nitrogens is 2.